The minimum atomic E-state index is -0.429. The van der Waals surface area contributed by atoms with E-state index in [2.05, 4.69) is 21.2 Å². The Morgan fingerprint density at radius 1 is 1.15 bits per heavy atom. The van der Waals surface area contributed by atoms with Crippen molar-refractivity contribution in [3.63, 3.8) is 0 Å². The van der Waals surface area contributed by atoms with Crippen LogP contribution in [0.1, 0.15) is 18.5 Å². The van der Waals surface area contributed by atoms with Crippen LogP contribution in [-0.4, -0.2) is 7.11 Å². The lowest BCUT2D eigenvalue weighted by Crippen LogP contribution is -2.11. The first-order valence-corrected chi connectivity index (χ1v) is 6.86. The molecule has 0 aromatic heterocycles. The lowest BCUT2D eigenvalue weighted by atomic mass is 10.1. The Morgan fingerprint density at radius 3 is 2.55 bits per heavy atom. The summed E-state index contributed by atoms with van der Waals surface area (Å²) in [5, 5.41) is 2.95. The summed E-state index contributed by atoms with van der Waals surface area (Å²) in [6.07, 6.45) is 0. The molecule has 2 rings (SSSR count). The number of hydrogen-bond acceptors (Lipinski definition) is 2. The molecule has 1 atom stereocenters. The molecule has 20 heavy (non-hydrogen) atoms. The van der Waals surface area contributed by atoms with Crippen LogP contribution >= 0.6 is 15.9 Å². The van der Waals surface area contributed by atoms with Crippen LogP contribution in [0.5, 0.6) is 5.75 Å². The Labute approximate surface area is 124 Å². The molecule has 2 aromatic rings. The van der Waals surface area contributed by atoms with Crippen LogP contribution in [0.25, 0.3) is 0 Å². The first kappa shape index (κ1) is 14.8. The zero-order chi connectivity index (χ0) is 14.7. The van der Waals surface area contributed by atoms with Crippen molar-refractivity contribution in [3.05, 3.63) is 58.1 Å². The van der Waals surface area contributed by atoms with Gasteiger partial charge in [0.1, 0.15) is 17.4 Å². The highest BCUT2D eigenvalue weighted by Crippen LogP contribution is 2.31. The number of benzene rings is 2. The minimum Gasteiger partial charge on any atom is -0.496 e. The molecule has 0 saturated carbocycles. The van der Waals surface area contributed by atoms with Gasteiger partial charge in [0, 0.05) is 4.47 Å². The van der Waals surface area contributed by atoms with Gasteiger partial charge in [-0.25, -0.2) is 8.78 Å². The zero-order valence-electron chi connectivity index (χ0n) is 11.1. The van der Waals surface area contributed by atoms with Crippen molar-refractivity contribution >= 4 is 21.6 Å². The molecule has 2 aromatic carbocycles. The SMILES string of the molecule is COc1cccc(F)c1C(C)Nc1ccc(Br)cc1F. The van der Waals surface area contributed by atoms with E-state index in [1.807, 2.05) is 0 Å². The molecular weight excluding hydrogens is 328 g/mol. The van der Waals surface area contributed by atoms with Gasteiger partial charge in [-0.15, -0.1) is 0 Å². The van der Waals surface area contributed by atoms with E-state index >= 15 is 0 Å². The molecule has 1 unspecified atom stereocenters. The van der Waals surface area contributed by atoms with Crippen molar-refractivity contribution < 1.29 is 13.5 Å². The maximum absolute atomic E-state index is 13.9. The molecular formula is C15H14BrF2NO. The van der Waals surface area contributed by atoms with E-state index in [1.165, 1.54) is 19.2 Å². The summed E-state index contributed by atoms with van der Waals surface area (Å²) in [6.45, 7) is 1.75. The van der Waals surface area contributed by atoms with Gasteiger partial charge in [-0.2, -0.15) is 0 Å². The molecule has 0 amide bonds. The van der Waals surface area contributed by atoms with E-state index in [-0.39, 0.29) is 5.82 Å². The number of anilines is 1. The second-order valence-corrected chi connectivity index (χ2v) is 5.26. The van der Waals surface area contributed by atoms with Crippen molar-refractivity contribution in [2.24, 2.45) is 0 Å². The highest BCUT2D eigenvalue weighted by atomic mass is 79.9. The Hall–Kier alpha value is -1.62. The van der Waals surface area contributed by atoms with E-state index in [1.54, 1.807) is 31.2 Å². The van der Waals surface area contributed by atoms with Gasteiger partial charge in [0.25, 0.3) is 0 Å². The molecule has 5 heteroatoms. The van der Waals surface area contributed by atoms with Crippen molar-refractivity contribution in [2.75, 3.05) is 12.4 Å². The summed E-state index contributed by atoms with van der Waals surface area (Å²) in [5.41, 5.74) is 0.684. The average molecular weight is 342 g/mol. The van der Waals surface area contributed by atoms with E-state index in [4.69, 9.17) is 4.74 Å². The van der Waals surface area contributed by atoms with Crippen LogP contribution in [0.3, 0.4) is 0 Å². The molecule has 0 aliphatic carbocycles. The lowest BCUT2D eigenvalue weighted by molar-refractivity contribution is 0.402. The minimum absolute atomic E-state index is 0.311. The van der Waals surface area contributed by atoms with E-state index in [0.29, 0.717) is 21.5 Å². The molecule has 0 spiro atoms. The van der Waals surface area contributed by atoms with E-state index < -0.39 is 11.9 Å². The number of rotatable bonds is 4. The largest absolute Gasteiger partial charge is 0.496 e. The fraction of sp³-hybridized carbons (Fsp3) is 0.200. The summed E-state index contributed by atoms with van der Waals surface area (Å²) in [5.74, 6) is -0.356. The summed E-state index contributed by atoms with van der Waals surface area (Å²) < 4.78 is 33.5. The molecule has 0 saturated heterocycles. The fourth-order valence-electron chi connectivity index (χ4n) is 2.03. The zero-order valence-corrected chi connectivity index (χ0v) is 12.7. The summed E-state index contributed by atoms with van der Waals surface area (Å²) >= 11 is 3.19. The van der Waals surface area contributed by atoms with Crippen molar-refractivity contribution in [2.45, 2.75) is 13.0 Å². The van der Waals surface area contributed by atoms with Gasteiger partial charge in [0.15, 0.2) is 0 Å². The molecule has 0 radical (unpaired) electrons. The van der Waals surface area contributed by atoms with E-state index in [9.17, 15) is 8.78 Å². The molecule has 0 aliphatic heterocycles. The molecule has 106 valence electrons. The first-order valence-electron chi connectivity index (χ1n) is 6.07. The normalized spacial score (nSPS) is 12.1. The number of ether oxygens (including phenoxy) is 1. The standard InChI is InChI=1S/C15H14BrF2NO/c1-9(15-11(17)4-3-5-14(15)20-2)19-13-7-6-10(16)8-12(13)18/h3-9,19H,1-2H3. The summed E-state index contributed by atoms with van der Waals surface area (Å²) in [7, 11) is 1.48. The molecule has 0 bridgehead atoms. The molecule has 0 fully saturated rings. The number of halogens is 3. The maximum atomic E-state index is 13.9. The first-order chi connectivity index (χ1) is 9.52. The third-order valence-corrected chi connectivity index (χ3v) is 3.46. The molecule has 0 aliphatic rings. The van der Waals surface area contributed by atoms with Crippen molar-refractivity contribution in [1.82, 2.24) is 0 Å². The number of methoxy groups -OCH3 is 1. The van der Waals surface area contributed by atoms with Gasteiger partial charge in [-0.05, 0) is 37.3 Å². The van der Waals surface area contributed by atoms with Crippen LogP contribution < -0.4 is 10.1 Å². The van der Waals surface area contributed by atoms with Gasteiger partial charge in [0.05, 0.1) is 24.4 Å². The number of nitrogens with one attached hydrogen (secondary N) is 1. The second-order valence-electron chi connectivity index (χ2n) is 4.35. The van der Waals surface area contributed by atoms with Gasteiger partial charge in [-0.3, -0.25) is 0 Å². The highest BCUT2D eigenvalue weighted by molar-refractivity contribution is 9.10. The van der Waals surface area contributed by atoms with Crippen LogP contribution in [0, 0.1) is 11.6 Å². The Morgan fingerprint density at radius 2 is 1.90 bits per heavy atom. The Kier molecular flexibility index (Phi) is 4.60. The smallest absolute Gasteiger partial charge is 0.147 e. The van der Waals surface area contributed by atoms with Gasteiger partial charge in [-0.1, -0.05) is 22.0 Å². The van der Waals surface area contributed by atoms with Crippen LogP contribution in [0.2, 0.25) is 0 Å². The Bertz CT molecular complexity index is 619. The molecule has 0 heterocycles. The highest BCUT2D eigenvalue weighted by Gasteiger charge is 2.17. The van der Waals surface area contributed by atoms with Crippen LogP contribution in [0.4, 0.5) is 14.5 Å². The van der Waals surface area contributed by atoms with E-state index in [0.717, 1.165) is 0 Å². The third kappa shape index (κ3) is 3.10. The van der Waals surface area contributed by atoms with Gasteiger partial charge >= 0.3 is 0 Å². The van der Waals surface area contributed by atoms with Crippen LogP contribution in [-0.2, 0) is 0 Å². The van der Waals surface area contributed by atoms with Gasteiger partial charge in [0.2, 0.25) is 0 Å². The van der Waals surface area contributed by atoms with Crippen LogP contribution in [0.15, 0.2) is 40.9 Å². The maximum Gasteiger partial charge on any atom is 0.147 e. The third-order valence-electron chi connectivity index (χ3n) is 2.97. The summed E-state index contributed by atoms with van der Waals surface area (Å²) in [6, 6.07) is 8.85. The predicted octanol–water partition coefficient (Wildman–Crippen LogP) is 4.91. The molecule has 2 nitrogen and oxygen atoms in total. The summed E-state index contributed by atoms with van der Waals surface area (Å²) in [4.78, 5) is 0. The molecule has 1 N–H and O–H groups in total. The van der Waals surface area contributed by atoms with Crippen molar-refractivity contribution in [1.29, 1.82) is 0 Å². The van der Waals surface area contributed by atoms with Gasteiger partial charge < -0.3 is 10.1 Å². The lowest BCUT2D eigenvalue weighted by Gasteiger charge is -2.19. The second kappa shape index (κ2) is 6.22. The monoisotopic (exact) mass is 341 g/mol. The average Bonchev–Trinajstić information content (AvgIpc) is 2.41. The Balaban J connectivity index is 2.30. The fourth-order valence-corrected chi connectivity index (χ4v) is 2.36. The topological polar surface area (TPSA) is 21.3 Å². The van der Waals surface area contributed by atoms with Crippen molar-refractivity contribution in [3.8, 4) is 5.75 Å². The number of hydrogen-bond donors (Lipinski definition) is 1. The predicted molar refractivity (Wildman–Crippen MR) is 79.1 cm³/mol. The quantitative estimate of drug-likeness (QED) is 0.853.